The van der Waals surface area contributed by atoms with Gasteiger partial charge in [-0.25, -0.2) is 0 Å². The van der Waals surface area contributed by atoms with Gasteiger partial charge in [0.25, 0.3) is 0 Å². The standard InChI is InChI=1S/C12H15NO4/c1-15-10-7-9(5-4-6-13-14)8-11(16-2)12(10)17-3/h4-8,14H,1-3H3/b5-4-,13-6+. The van der Waals surface area contributed by atoms with Crippen molar-refractivity contribution in [2.45, 2.75) is 0 Å². The maximum Gasteiger partial charge on any atom is 0.203 e. The Balaban J connectivity index is 3.17. The molecule has 1 aromatic rings. The fourth-order valence-corrected chi connectivity index (χ4v) is 1.39. The molecule has 0 bridgehead atoms. The van der Waals surface area contributed by atoms with Gasteiger partial charge in [-0.2, -0.15) is 0 Å². The molecule has 0 aromatic heterocycles. The lowest BCUT2D eigenvalue weighted by Gasteiger charge is -2.12. The van der Waals surface area contributed by atoms with Crippen LogP contribution in [0.3, 0.4) is 0 Å². The number of allylic oxidation sites excluding steroid dienone is 1. The monoisotopic (exact) mass is 237 g/mol. The Morgan fingerprint density at radius 3 is 2.06 bits per heavy atom. The van der Waals surface area contributed by atoms with Gasteiger partial charge in [-0.15, -0.1) is 0 Å². The molecule has 5 heteroatoms. The lowest BCUT2D eigenvalue weighted by Crippen LogP contribution is -1.95. The summed E-state index contributed by atoms with van der Waals surface area (Å²) in [5, 5.41) is 11.1. The SMILES string of the molecule is COc1cc(/C=C\C=N\O)cc(OC)c1OC. The average molecular weight is 237 g/mol. The number of hydrogen-bond donors (Lipinski definition) is 1. The molecule has 0 aliphatic heterocycles. The van der Waals surface area contributed by atoms with Gasteiger partial charge in [0.1, 0.15) is 0 Å². The van der Waals surface area contributed by atoms with Crippen molar-refractivity contribution in [2.24, 2.45) is 5.16 Å². The zero-order valence-electron chi connectivity index (χ0n) is 10.0. The number of ether oxygens (including phenoxy) is 3. The summed E-state index contributed by atoms with van der Waals surface area (Å²) in [6, 6.07) is 3.59. The molecule has 0 radical (unpaired) electrons. The Hall–Kier alpha value is -2.17. The predicted molar refractivity (Wildman–Crippen MR) is 65.4 cm³/mol. The highest BCUT2D eigenvalue weighted by Crippen LogP contribution is 2.38. The number of oxime groups is 1. The van der Waals surface area contributed by atoms with E-state index in [1.807, 2.05) is 0 Å². The largest absolute Gasteiger partial charge is 0.493 e. The summed E-state index contributed by atoms with van der Waals surface area (Å²) in [7, 11) is 4.66. The van der Waals surface area contributed by atoms with E-state index in [4.69, 9.17) is 19.4 Å². The fourth-order valence-electron chi connectivity index (χ4n) is 1.39. The van der Waals surface area contributed by atoms with E-state index >= 15 is 0 Å². The Morgan fingerprint density at radius 1 is 1.06 bits per heavy atom. The third kappa shape index (κ3) is 3.14. The number of methoxy groups -OCH3 is 3. The van der Waals surface area contributed by atoms with Crippen molar-refractivity contribution < 1.29 is 19.4 Å². The highest BCUT2D eigenvalue weighted by molar-refractivity contribution is 5.78. The molecule has 5 nitrogen and oxygen atoms in total. The van der Waals surface area contributed by atoms with Gasteiger partial charge in [-0.05, 0) is 23.8 Å². The third-order valence-corrected chi connectivity index (χ3v) is 2.13. The molecular weight excluding hydrogens is 222 g/mol. The van der Waals surface area contributed by atoms with E-state index in [9.17, 15) is 0 Å². The van der Waals surface area contributed by atoms with Gasteiger partial charge in [0.2, 0.25) is 5.75 Å². The Labute approximate surface area is 99.9 Å². The molecule has 0 aliphatic rings. The summed E-state index contributed by atoms with van der Waals surface area (Å²) in [5.41, 5.74) is 0.847. The predicted octanol–water partition coefficient (Wildman–Crippen LogP) is 2.19. The molecule has 1 aromatic carbocycles. The molecular formula is C12H15NO4. The maximum atomic E-state index is 8.28. The summed E-state index contributed by atoms with van der Waals surface area (Å²) in [6.07, 6.45) is 4.62. The van der Waals surface area contributed by atoms with E-state index in [2.05, 4.69) is 5.16 Å². The second-order valence-corrected chi connectivity index (χ2v) is 3.08. The van der Waals surface area contributed by atoms with Crippen molar-refractivity contribution in [3.63, 3.8) is 0 Å². The number of benzene rings is 1. The molecule has 0 unspecified atom stereocenters. The van der Waals surface area contributed by atoms with E-state index in [0.29, 0.717) is 17.2 Å². The van der Waals surface area contributed by atoms with E-state index in [0.717, 1.165) is 5.56 Å². The van der Waals surface area contributed by atoms with Crippen LogP contribution in [0.25, 0.3) is 6.08 Å². The molecule has 0 saturated carbocycles. The van der Waals surface area contributed by atoms with Crippen LogP contribution in [0.5, 0.6) is 17.2 Å². The highest BCUT2D eigenvalue weighted by Gasteiger charge is 2.11. The van der Waals surface area contributed by atoms with Gasteiger partial charge < -0.3 is 19.4 Å². The van der Waals surface area contributed by atoms with Crippen molar-refractivity contribution in [3.8, 4) is 17.2 Å². The lowest BCUT2D eigenvalue weighted by atomic mass is 10.1. The van der Waals surface area contributed by atoms with E-state index in [1.54, 1.807) is 45.6 Å². The molecule has 0 spiro atoms. The first kappa shape index (κ1) is 12.9. The van der Waals surface area contributed by atoms with E-state index in [-0.39, 0.29) is 0 Å². The minimum Gasteiger partial charge on any atom is -0.493 e. The van der Waals surface area contributed by atoms with Crippen molar-refractivity contribution in [1.29, 1.82) is 0 Å². The Bertz CT molecular complexity index is 402. The first-order valence-electron chi connectivity index (χ1n) is 4.91. The van der Waals surface area contributed by atoms with Gasteiger partial charge in [0, 0.05) is 0 Å². The van der Waals surface area contributed by atoms with Gasteiger partial charge in [-0.1, -0.05) is 11.2 Å². The van der Waals surface area contributed by atoms with Crippen LogP contribution in [0.2, 0.25) is 0 Å². The topological polar surface area (TPSA) is 60.3 Å². The molecule has 0 amide bonds. The van der Waals surface area contributed by atoms with Crippen LogP contribution in [-0.2, 0) is 0 Å². The number of hydrogen-bond acceptors (Lipinski definition) is 5. The lowest BCUT2D eigenvalue weighted by molar-refractivity contribution is 0.322. The smallest absolute Gasteiger partial charge is 0.203 e. The number of nitrogens with zero attached hydrogens (tertiary/aromatic N) is 1. The van der Waals surface area contributed by atoms with Crippen LogP contribution < -0.4 is 14.2 Å². The molecule has 1 N–H and O–H groups in total. The first-order valence-corrected chi connectivity index (χ1v) is 4.91. The average Bonchev–Trinajstić information content (AvgIpc) is 2.37. The molecule has 1 rings (SSSR count). The molecule has 92 valence electrons. The minimum absolute atomic E-state index is 0.544. The second kappa shape index (κ2) is 6.42. The zero-order valence-corrected chi connectivity index (χ0v) is 10.0. The van der Waals surface area contributed by atoms with Crippen LogP contribution in [-0.4, -0.2) is 32.8 Å². The summed E-state index contributed by atoms with van der Waals surface area (Å²) in [5.74, 6) is 1.70. The van der Waals surface area contributed by atoms with Gasteiger partial charge in [0.05, 0.1) is 27.5 Å². The molecule has 0 heterocycles. The van der Waals surface area contributed by atoms with Crippen LogP contribution >= 0.6 is 0 Å². The van der Waals surface area contributed by atoms with Gasteiger partial charge >= 0.3 is 0 Å². The molecule has 0 saturated heterocycles. The van der Waals surface area contributed by atoms with Crippen molar-refractivity contribution in [3.05, 3.63) is 23.8 Å². The highest BCUT2D eigenvalue weighted by atomic mass is 16.5. The first-order chi connectivity index (χ1) is 8.26. The number of rotatable bonds is 5. The molecule has 0 fully saturated rings. The normalized spacial score (nSPS) is 11.0. The van der Waals surface area contributed by atoms with Crippen molar-refractivity contribution in [2.75, 3.05) is 21.3 Å². The van der Waals surface area contributed by atoms with Crippen LogP contribution in [0.1, 0.15) is 5.56 Å². The molecule has 0 aliphatic carbocycles. The Morgan fingerprint density at radius 2 is 1.65 bits per heavy atom. The second-order valence-electron chi connectivity index (χ2n) is 3.08. The maximum absolute atomic E-state index is 8.28. The minimum atomic E-state index is 0.544. The van der Waals surface area contributed by atoms with Crippen molar-refractivity contribution in [1.82, 2.24) is 0 Å². The fraction of sp³-hybridized carbons (Fsp3) is 0.250. The molecule has 0 atom stereocenters. The van der Waals surface area contributed by atoms with Gasteiger partial charge in [0.15, 0.2) is 11.5 Å². The summed E-state index contributed by atoms with van der Waals surface area (Å²) in [4.78, 5) is 0. The molecule has 17 heavy (non-hydrogen) atoms. The van der Waals surface area contributed by atoms with Crippen molar-refractivity contribution >= 4 is 12.3 Å². The summed E-state index contributed by atoms with van der Waals surface area (Å²) < 4.78 is 15.6. The van der Waals surface area contributed by atoms with Gasteiger partial charge in [-0.3, -0.25) is 0 Å². The quantitative estimate of drug-likeness (QED) is 0.484. The van der Waals surface area contributed by atoms with Crippen LogP contribution in [0.15, 0.2) is 23.4 Å². The Kier molecular flexibility index (Phi) is 4.87. The van der Waals surface area contributed by atoms with E-state index < -0.39 is 0 Å². The third-order valence-electron chi connectivity index (χ3n) is 2.13. The summed E-state index contributed by atoms with van der Waals surface area (Å²) >= 11 is 0. The summed E-state index contributed by atoms with van der Waals surface area (Å²) in [6.45, 7) is 0. The zero-order chi connectivity index (χ0) is 12.7. The van der Waals surface area contributed by atoms with E-state index in [1.165, 1.54) is 6.21 Å². The van der Waals surface area contributed by atoms with Crippen LogP contribution in [0, 0.1) is 0 Å². The van der Waals surface area contributed by atoms with Crippen LogP contribution in [0.4, 0.5) is 0 Å².